The van der Waals surface area contributed by atoms with E-state index >= 15 is 0 Å². The second-order valence-electron chi connectivity index (χ2n) is 2.36. The van der Waals surface area contributed by atoms with Gasteiger partial charge in [-0.05, 0) is 5.92 Å². The monoisotopic (exact) mass is 115 g/mol. The van der Waals surface area contributed by atoms with Gasteiger partial charge >= 0.3 is 0 Å². The van der Waals surface area contributed by atoms with Crippen LogP contribution in [0.2, 0.25) is 5.54 Å². The molecule has 2 unspecified atom stereocenters. The average molecular weight is 115 g/mol. The molecule has 0 aliphatic carbocycles. The first-order chi connectivity index (χ1) is 3.18. The largest absolute Gasteiger partial charge is 0.0655 e. The summed E-state index contributed by atoms with van der Waals surface area (Å²) < 4.78 is 0. The molecule has 0 bridgehead atoms. The quantitative estimate of drug-likeness (QED) is 0.478. The Morgan fingerprint density at radius 1 is 1.43 bits per heavy atom. The maximum Gasteiger partial charge on any atom is 0.0121 e. The molecule has 0 fully saturated rings. The van der Waals surface area contributed by atoms with Gasteiger partial charge in [0.2, 0.25) is 0 Å². The van der Waals surface area contributed by atoms with Gasteiger partial charge in [0.15, 0.2) is 0 Å². The summed E-state index contributed by atoms with van der Waals surface area (Å²) in [5.41, 5.74) is 0.894. The van der Waals surface area contributed by atoms with E-state index in [2.05, 4.69) is 31.0 Å². The van der Waals surface area contributed by atoms with Gasteiger partial charge in [-0.1, -0.05) is 32.7 Å². The van der Waals surface area contributed by atoms with Gasteiger partial charge in [0, 0.05) is 10.2 Å². The van der Waals surface area contributed by atoms with Crippen molar-refractivity contribution in [2.24, 2.45) is 5.92 Å². The molecular weight excluding hydrogens is 100 g/mol. The predicted molar refractivity (Wildman–Crippen MR) is 37.4 cm³/mol. The summed E-state index contributed by atoms with van der Waals surface area (Å²) in [4.78, 5) is 0. The summed E-state index contributed by atoms with van der Waals surface area (Å²) in [5, 5.41) is 0. The lowest BCUT2D eigenvalue weighted by atomic mass is 10.1. The molecule has 0 saturated heterocycles. The van der Waals surface area contributed by atoms with E-state index in [0.29, 0.717) is 0 Å². The lowest BCUT2D eigenvalue weighted by molar-refractivity contribution is 0.544. The summed E-state index contributed by atoms with van der Waals surface area (Å²) in [6.45, 7) is 6.83. The van der Waals surface area contributed by atoms with E-state index in [1.54, 1.807) is 0 Å². The van der Waals surface area contributed by atoms with Crippen LogP contribution >= 0.6 is 0 Å². The topological polar surface area (TPSA) is 0 Å². The molecule has 0 saturated carbocycles. The van der Waals surface area contributed by atoms with E-state index in [1.807, 2.05) is 0 Å². The van der Waals surface area contributed by atoms with E-state index in [9.17, 15) is 0 Å². The maximum absolute atomic E-state index is 2.30. The third-order valence-corrected chi connectivity index (χ3v) is 2.42. The lowest BCUT2D eigenvalue weighted by Gasteiger charge is -2.10. The standard InChI is InChI=1S/C6H15Si/c1-4-5(2)6(3)7/h5-6H,4,7H2,1-3H3. The molecule has 0 heterocycles. The Kier molecular flexibility index (Phi) is 3.35. The summed E-state index contributed by atoms with van der Waals surface area (Å²) >= 11 is 0. The Hall–Kier alpha value is 0.217. The van der Waals surface area contributed by atoms with Gasteiger partial charge in [0.1, 0.15) is 0 Å². The second kappa shape index (κ2) is 3.25. The van der Waals surface area contributed by atoms with Crippen LogP contribution in [0.4, 0.5) is 0 Å². The van der Waals surface area contributed by atoms with Gasteiger partial charge in [-0.3, -0.25) is 0 Å². The normalized spacial score (nSPS) is 18.9. The van der Waals surface area contributed by atoms with Crippen molar-refractivity contribution in [3.63, 3.8) is 0 Å². The van der Waals surface area contributed by atoms with Crippen LogP contribution in [0, 0.1) is 5.92 Å². The van der Waals surface area contributed by atoms with Crippen molar-refractivity contribution in [3.05, 3.63) is 0 Å². The minimum absolute atomic E-state index is 0.894. The fourth-order valence-electron chi connectivity index (χ4n) is 0.402. The Morgan fingerprint density at radius 2 is 1.86 bits per heavy atom. The fourth-order valence-corrected chi connectivity index (χ4v) is 0.736. The first kappa shape index (κ1) is 7.22. The zero-order valence-electron chi connectivity index (χ0n) is 5.57. The Labute approximate surface area is 49.7 Å². The Bertz CT molecular complexity index is 41.4. The van der Waals surface area contributed by atoms with E-state index in [-0.39, 0.29) is 0 Å². The summed E-state index contributed by atoms with van der Waals surface area (Å²) in [6.07, 6.45) is 1.32. The minimum atomic E-state index is 0.894. The van der Waals surface area contributed by atoms with Crippen molar-refractivity contribution in [2.45, 2.75) is 32.7 Å². The first-order valence-electron chi connectivity index (χ1n) is 3.01. The average Bonchev–Trinajstić information content (AvgIpc) is 1.65. The highest BCUT2D eigenvalue weighted by atomic mass is 28.1. The second-order valence-corrected chi connectivity index (χ2v) is 3.65. The predicted octanol–water partition coefficient (Wildman–Crippen LogP) is 1.47. The fraction of sp³-hybridized carbons (Fsp3) is 1.00. The highest BCUT2D eigenvalue weighted by Gasteiger charge is 2.01. The van der Waals surface area contributed by atoms with Crippen molar-refractivity contribution >= 4 is 10.2 Å². The highest BCUT2D eigenvalue weighted by Crippen LogP contribution is 2.14. The molecule has 7 heavy (non-hydrogen) atoms. The number of rotatable bonds is 2. The van der Waals surface area contributed by atoms with Crippen LogP contribution in [0.1, 0.15) is 27.2 Å². The van der Waals surface area contributed by atoms with Gasteiger partial charge in [-0.2, -0.15) is 0 Å². The molecule has 0 aliphatic rings. The van der Waals surface area contributed by atoms with Crippen molar-refractivity contribution < 1.29 is 0 Å². The number of hydrogen-bond acceptors (Lipinski definition) is 0. The highest BCUT2D eigenvalue weighted by molar-refractivity contribution is 6.11. The van der Waals surface area contributed by atoms with Gasteiger partial charge in [-0.25, -0.2) is 0 Å². The van der Waals surface area contributed by atoms with Crippen molar-refractivity contribution in [1.82, 2.24) is 0 Å². The summed E-state index contributed by atoms with van der Waals surface area (Å²) in [6, 6.07) is 0. The molecule has 0 nitrogen and oxygen atoms in total. The van der Waals surface area contributed by atoms with E-state index in [0.717, 1.165) is 11.5 Å². The third-order valence-electron chi connectivity index (χ3n) is 1.62. The molecule has 0 aromatic carbocycles. The molecule has 0 aromatic rings. The Balaban J connectivity index is 3.14. The number of hydrogen-bond donors (Lipinski definition) is 0. The minimum Gasteiger partial charge on any atom is -0.0655 e. The van der Waals surface area contributed by atoms with Gasteiger partial charge in [0.05, 0.1) is 0 Å². The molecule has 1 radical (unpaired) electrons. The molecule has 0 aliphatic heterocycles. The van der Waals surface area contributed by atoms with Gasteiger partial charge in [0.25, 0.3) is 0 Å². The van der Waals surface area contributed by atoms with Crippen LogP contribution in [-0.2, 0) is 0 Å². The maximum atomic E-state index is 2.30. The van der Waals surface area contributed by atoms with Crippen LogP contribution in [0.3, 0.4) is 0 Å². The zero-order chi connectivity index (χ0) is 5.86. The SMILES string of the molecule is CCC(C)C(C)[SiH2]. The van der Waals surface area contributed by atoms with Crippen LogP contribution < -0.4 is 0 Å². The Morgan fingerprint density at radius 3 is 1.86 bits per heavy atom. The smallest absolute Gasteiger partial charge is 0.0121 e. The molecule has 0 amide bonds. The lowest BCUT2D eigenvalue weighted by Crippen LogP contribution is -1.98. The molecule has 0 rings (SSSR count). The van der Waals surface area contributed by atoms with E-state index < -0.39 is 0 Å². The molecular formula is C6H15Si. The molecule has 0 N–H and O–H groups in total. The summed E-state index contributed by atoms with van der Waals surface area (Å²) in [7, 11) is 2.09. The van der Waals surface area contributed by atoms with Crippen LogP contribution in [0.15, 0.2) is 0 Å². The molecule has 0 spiro atoms. The third kappa shape index (κ3) is 2.86. The molecule has 1 heteroatoms. The van der Waals surface area contributed by atoms with Crippen LogP contribution in [0.5, 0.6) is 0 Å². The van der Waals surface area contributed by atoms with Crippen molar-refractivity contribution in [3.8, 4) is 0 Å². The molecule has 43 valence electrons. The van der Waals surface area contributed by atoms with Gasteiger partial charge < -0.3 is 0 Å². The van der Waals surface area contributed by atoms with Crippen LogP contribution in [0.25, 0.3) is 0 Å². The zero-order valence-corrected chi connectivity index (χ0v) is 6.98. The van der Waals surface area contributed by atoms with E-state index in [4.69, 9.17) is 0 Å². The summed E-state index contributed by atoms with van der Waals surface area (Å²) in [5.74, 6) is 0.915. The van der Waals surface area contributed by atoms with E-state index in [1.165, 1.54) is 6.42 Å². The first-order valence-corrected chi connectivity index (χ1v) is 3.83. The van der Waals surface area contributed by atoms with Crippen molar-refractivity contribution in [1.29, 1.82) is 0 Å². The molecule has 2 atom stereocenters. The van der Waals surface area contributed by atoms with Gasteiger partial charge in [-0.15, -0.1) is 0 Å². The van der Waals surface area contributed by atoms with Crippen LogP contribution in [-0.4, -0.2) is 10.2 Å². The molecule has 0 aromatic heterocycles. The van der Waals surface area contributed by atoms with Crippen molar-refractivity contribution in [2.75, 3.05) is 0 Å².